The van der Waals surface area contributed by atoms with E-state index in [0.29, 0.717) is 18.8 Å². The largest absolute Gasteiger partial charge is 0.484 e. The molecule has 1 aliphatic rings. The van der Waals surface area contributed by atoms with Crippen LogP contribution >= 0.6 is 0 Å². The van der Waals surface area contributed by atoms with Crippen molar-refractivity contribution in [3.8, 4) is 5.75 Å². The summed E-state index contributed by atoms with van der Waals surface area (Å²) < 4.78 is 33.5. The van der Waals surface area contributed by atoms with E-state index in [2.05, 4.69) is 16.5 Å². The number of amides is 1. The van der Waals surface area contributed by atoms with Gasteiger partial charge >= 0.3 is 0 Å². The molecule has 1 amide bonds. The highest BCUT2D eigenvalue weighted by molar-refractivity contribution is 7.89. The monoisotopic (exact) mass is 431 g/mol. The highest BCUT2D eigenvalue weighted by atomic mass is 32.2. The highest BCUT2D eigenvalue weighted by Gasteiger charge is 2.21. The van der Waals surface area contributed by atoms with Crippen LogP contribution in [-0.2, 0) is 14.8 Å². The molecule has 162 valence electrons. The Balaban J connectivity index is 1.53. The van der Waals surface area contributed by atoms with Gasteiger partial charge in [-0.25, -0.2) is 13.1 Å². The second kappa shape index (κ2) is 10.1. The van der Waals surface area contributed by atoms with E-state index in [0.717, 1.165) is 25.2 Å². The number of nitrogens with zero attached hydrogens (tertiary/aromatic N) is 2. The summed E-state index contributed by atoms with van der Waals surface area (Å²) in [6.45, 7) is 8.02. The molecule has 1 atom stereocenters. The highest BCUT2D eigenvalue weighted by Crippen LogP contribution is 2.19. The Labute approximate surface area is 178 Å². The molecule has 1 saturated heterocycles. The zero-order valence-corrected chi connectivity index (χ0v) is 18.3. The summed E-state index contributed by atoms with van der Waals surface area (Å²) in [6.07, 6.45) is 0. The summed E-state index contributed by atoms with van der Waals surface area (Å²) in [5.74, 6) is 0.409. The molecule has 8 heteroatoms. The summed E-state index contributed by atoms with van der Waals surface area (Å²) >= 11 is 0. The van der Waals surface area contributed by atoms with Gasteiger partial charge in [-0.1, -0.05) is 37.3 Å². The number of benzene rings is 2. The lowest BCUT2D eigenvalue weighted by molar-refractivity contribution is -0.135. The second-order valence-electron chi connectivity index (χ2n) is 7.33. The summed E-state index contributed by atoms with van der Waals surface area (Å²) in [5.41, 5.74) is 0.888. The summed E-state index contributed by atoms with van der Waals surface area (Å²) in [4.78, 5) is 16.6. The molecule has 1 N–H and O–H groups in total. The van der Waals surface area contributed by atoms with E-state index in [4.69, 9.17) is 4.74 Å². The van der Waals surface area contributed by atoms with E-state index in [-0.39, 0.29) is 23.5 Å². The van der Waals surface area contributed by atoms with Crippen LogP contribution in [0.25, 0.3) is 0 Å². The van der Waals surface area contributed by atoms with Gasteiger partial charge in [0.1, 0.15) is 5.75 Å². The number of rotatable bonds is 8. The Morgan fingerprint density at radius 3 is 2.27 bits per heavy atom. The first-order chi connectivity index (χ1) is 14.4. The van der Waals surface area contributed by atoms with E-state index in [1.807, 2.05) is 30.3 Å². The fourth-order valence-electron chi connectivity index (χ4n) is 3.38. The number of nitrogens with one attached hydrogen (secondary N) is 1. The molecule has 0 spiro atoms. The Kier molecular flexibility index (Phi) is 7.47. The van der Waals surface area contributed by atoms with Gasteiger partial charge in [0, 0.05) is 32.2 Å². The maximum absolute atomic E-state index is 12.6. The Bertz CT molecular complexity index is 925. The van der Waals surface area contributed by atoms with Gasteiger partial charge in [0.2, 0.25) is 10.0 Å². The van der Waals surface area contributed by atoms with Crippen LogP contribution in [0.2, 0.25) is 0 Å². The smallest absolute Gasteiger partial charge is 0.260 e. The average Bonchev–Trinajstić information content (AvgIpc) is 2.78. The predicted molar refractivity (Wildman–Crippen MR) is 116 cm³/mol. The van der Waals surface area contributed by atoms with Crippen LogP contribution in [0.5, 0.6) is 5.75 Å². The molecule has 30 heavy (non-hydrogen) atoms. The van der Waals surface area contributed by atoms with E-state index >= 15 is 0 Å². The summed E-state index contributed by atoms with van der Waals surface area (Å²) in [6, 6.07) is 15.2. The van der Waals surface area contributed by atoms with Crippen molar-refractivity contribution in [3.05, 3.63) is 60.2 Å². The van der Waals surface area contributed by atoms with E-state index in [1.54, 1.807) is 24.0 Å². The van der Waals surface area contributed by atoms with Crippen LogP contribution in [0.3, 0.4) is 0 Å². The fourth-order valence-corrected chi connectivity index (χ4v) is 4.61. The van der Waals surface area contributed by atoms with E-state index < -0.39 is 10.0 Å². The maximum Gasteiger partial charge on any atom is 0.260 e. The lowest BCUT2D eigenvalue weighted by atomic mass is 10.1. The first-order valence-electron chi connectivity index (χ1n) is 10.2. The number of hydrogen-bond acceptors (Lipinski definition) is 5. The van der Waals surface area contributed by atoms with Gasteiger partial charge < -0.3 is 14.5 Å². The van der Waals surface area contributed by atoms with Crippen molar-refractivity contribution in [2.24, 2.45) is 0 Å². The minimum atomic E-state index is -3.67. The first-order valence-corrected chi connectivity index (χ1v) is 11.7. The van der Waals surface area contributed by atoms with Crippen molar-refractivity contribution in [1.82, 2.24) is 14.5 Å². The third kappa shape index (κ3) is 5.81. The van der Waals surface area contributed by atoms with Crippen LogP contribution in [0.4, 0.5) is 0 Å². The standard InChI is InChI=1S/C22H29N3O4S/c1-3-24-13-15-25(16-14-24)22(26)17-29-20-9-11-21(12-10-20)30(27,28)23-18(2)19-7-5-4-6-8-19/h4-12,18,23H,3,13-17H2,1-2H3/t18-/m1/s1. The molecule has 0 unspecified atom stereocenters. The van der Waals surface area contributed by atoms with Gasteiger partial charge in [-0.3, -0.25) is 4.79 Å². The first kappa shape index (κ1) is 22.3. The molecule has 2 aromatic rings. The SMILES string of the molecule is CCN1CCN(C(=O)COc2ccc(S(=O)(=O)N[C@H](C)c3ccccc3)cc2)CC1. The van der Waals surface area contributed by atoms with Crippen molar-refractivity contribution >= 4 is 15.9 Å². The minimum absolute atomic E-state index is 0.0541. The molecule has 0 bridgehead atoms. The van der Waals surface area contributed by atoms with E-state index in [9.17, 15) is 13.2 Å². The molecule has 1 aliphatic heterocycles. The minimum Gasteiger partial charge on any atom is -0.484 e. The molecule has 0 radical (unpaired) electrons. The van der Waals surface area contributed by atoms with Gasteiger partial charge in [-0.05, 0) is 43.3 Å². The Hall–Kier alpha value is -2.42. The van der Waals surface area contributed by atoms with Crippen LogP contribution in [-0.4, -0.2) is 63.5 Å². The molecular formula is C22H29N3O4S. The fraction of sp³-hybridized carbons (Fsp3) is 0.409. The topological polar surface area (TPSA) is 79.0 Å². The third-order valence-electron chi connectivity index (χ3n) is 5.30. The molecule has 1 fully saturated rings. The summed E-state index contributed by atoms with van der Waals surface area (Å²) in [5, 5.41) is 0. The van der Waals surface area contributed by atoms with Gasteiger partial charge in [0.25, 0.3) is 5.91 Å². The predicted octanol–water partition coefficient (Wildman–Crippen LogP) is 2.27. The number of ether oxygens (including phenoxy) is 1. The van der Waals surface area contributed by atoms with Crippen molar-refractivity contribution in [2.75, 3.05) is 39.3 Å². The molecule has 0 aromatic heterocycles. The zero-order chi connectivity index (χ0) is 21.6. The Morgan fingerprint density at radius 2 is 1.67 bits per heavy atom. The Morgan fingerprint density at radius 1 is 1.03 bits per heavy atom. The third-order valence-corrected chi connectivity index (χ3v) is 6.86. The lowest BCUT2D eigenvalue weighted by Crippen LogP contribution is -2.49. The van der Waals surface area contributed by atoms with Crippen LogP contribution in [0.15, 0.2) is 59.5 Å². The van der Waals surface area contributed by atoms with Crippen molar-refractivity contribution in [1.29, 1.82) is 0 Å². The molecule has 3 rings (SSSR count). The van der Waals surface area contributed by atoms with Crippen LogP contribution in [0.1, 0.15) is 25.5 Å². The number of likely N-dealkylation sites (N-methyl/N-ethyl adjacent to an activating group) is 1. The number of carbonyl (C=O) groups excluding carboxylic acids is 1. The molecule has 0 saturated carbocycles. The molecule has 1 heterocycles. The van der Waals surface area contributed by atoms with Crippen molar-refractivity contribution in [2.45, 2.75) is 24.8 Å². The quantitative estimate of drug-likeness (QED) is 0.694. The van der Waals surface area contributed by atoms with Crippen molar-refractivity contribution in [3.63, 3.8) is 0 Å². The number of sulfonamides is 1. The molecular weight excluding hydrogens is 402 g/mol. The normalized spacial score (nSPS) is 16.3. The second-order valence-corrected chi connectivity index (χ2v) is 9.04. The molecule has 7 nitrogen and oxygen atoms in total. The van der Waals surface area contributed by atoms with Crippen molar-refractivity contribution < 1.29 is 17.9 Å². The molecule has 2 aromatic carbocycles. The maximum atomic E-state index is 12.6. The average molecular weight is 432 g/mol. The van der Waals surface area contributed by atoms with Crippen LogP contribution < -0.4 is 9.46 Å². The number of hydrogen-bond donors (Lipinski definition) is 1. The van der Waals surface area contributed by atoms with Gasteiger partial charge in [0.05, 0.1) is 4.90 Å². The zero-order valence-electron chi connectivity index (χ0n) is 17.5. The van der Waals surface area contributed by atoms with Crippen LogP contribution in [0, 0.1) is 0 Å². The number of carbonyl (C=O) groups is 1. The van der Waals surface area contributed by atoms with Gasteiger partial charge in [-0.2, -0.15) is 0 Å². The summed E-state index contributed by atoms with van der Waals surface area (Å²) in [7, 11) is -3.67. The van der Waals surface area contributed by atoms with Gasteiger partial charge in [-0.15, -0.1) is 0 Å². The number of piperazine rings is 1. The van der Waals surface area contributed by atoms with Gasteiger partial charge in [0.15, 0.2) is 6.61 Å². The van der Waals surface area contributed by atoms with E-state index in [1.165, 1.54) is 12.1 Å². The lowest BCUT2D eigenvalue weighted by Gasteiger charge is -2.33. The molecule has 0 aliphatic carbocycles.